The highest BCUT2D eigenvalue weighted by atomic mass is 28.3. The van der Waals surface area contributed by atoms with E-state index in [0.29, 0.717) is 0 Å². The fourth-order valence-corrected chi connectivity index (χ4v) is 9.84. The number of nitro benzene ring substituents is 1. The second kappa shape index (κ2) is 7.45. The number of pyridine rings is 1. The third-order valence-electron chi connectivity index (χ3n) is 4.95. The lowest BCUT2D eigenvalue weighted by atomic mass is 10.2. The van der Waals surface area contributed by atoms with Crippen molar-refractivity contribution in [2.24, 2.45) is 0 Å². The van der Waals surface area contributed by atoms with Crippen molar-refractivity contribution < 1.29 is 4.92 Å². The Morgan fingerprint density at radius 3 is 2.21 bits per heavy atom. The van der Waals surface area contributed by atoms with Crippen LogP contribution >= 0.6 is 0 Å². The molecule has 0 atom stereocenters. The molecule has 0 saturated carbocycles. The Morgan fingerprint density at radius 1 is 0.964 bits per heavy atom. The molecule has 0 aliphatic carbocycles. The topological polar surface area (TPSA) is 56.0 Å². The lowest BCUT2D eigenvalue weighted by molar-refractivity contribution is -0.384. The third-order valence-corrected chi connectivity index (χ3v) is 9.92. The van der Waals surface area contributed by atoms with Gasteiger partial charge in [0.1, 0.15) is 8.07 Å². The summed E-state index contributed by atoms with van der Waals surface area (Å²) >= 11 is 0. The normalized spacial score (nSPS) is 13.0. The molecule has 0 aliphatic rings. The van der Waals surface area contributed by atoms with Crippen LogP contribution in [0.15, 0.2) is 66.5 Å². The molecule has 28 heavy (non-hydrogen) atoms. The molecular formula is C22H26N2O2Si2. The number of nitro groups is 1. The van der Waals surface area contributed by atoms with Crippen molar-refractivity contribution in [3.05, 3.63) is 82.2 Å². The minimum Gasteiger partial charge on any atom is -0.258 e. The van der Waals surface area contributed by atoms with E-state index in [-0.39, 0.29) is 10.6 Å². The summed E-state index contributed by atoms with van der Waals surface area (Å²) < 4.78 is 0. The van der Waals surface area contributed by atoms with Gasteiger partial charge in [0, 0.05) is 23.7 Å². The van der Waals surface area contributed by atoms with E-state index in [0.717, 1.165) is 16.5 Å². The maximum atomic E-state index is 11.1. The Morgan fingerprint density at radius 2 is 1.61 bits per heavy atom. The predicted octanol–water partition coefficient (Wildman–Crippen LogP) is 5.56. The minimum atomic E-state index is -2.11. The summed E-state index contributed by atoms with van der Waals surface area (Å²) in [5.74, 6) is 0. The van der Waals surface area contributed by atoms with Gasteiger partial charge in [0.25, 0.3) is 5.69 Å². The van der Waals surface area contributed by atoms with Crippen LogP contribution in [0.1, 0.15) is 5.56 Å². The summed E-state index contributed by atoms with van der Waals surface area (Å²) in [5.41, 5.74) is 4.73. The number of para-hydroxylation sites is 1. The number of hydrogen-bond acceptors (Lipinski definition) is 3. The first-order chi connectivity index (χ1) is 13.1. The van der Waals surface area contributed by atoms with Gasteiger partial charge < -0.3 is 0 Å². The zero-order valence-electron chi connectivity index (χ0n) is 17.1. The Balaban J connectivity index is 2.22. The average molecular weight is 407 g/mol. The number of aromatic nitrogens is 1. The van der Waals surface area contributed by atoms with Gasteiger partial charge in [-0.1, -0.05) is 67.9 Å². The summed E-state index contributed by atoms with van der Waals surface area (Å²) in [6, 6.07) is 17.5. The van der Waals surface area contributed by atoms with Crippen LogP contribution in [0.4, 0.5) is 5.69 Å². The van der Waals surface area contributed by atoms with Crippen LogP contribution in [-0.4, -0.2) is 26.1 Å². The van der Waals surface area contributed by atoms with Gasteiger partial charge in [-0.2, -0.15) is 0 Å². The maximum Gasteiger partial charge on any atom is 0.269 e. The van der Waals surface area contributed by atoms with E-state index in [1.165, 1.54) is 10.4 Å². The van der Waals surface area contributed by atoms with Crippen molar-refractivity contribution in [2.75, 3.05) is 0 Å². The molecule has 2 aromatic carbocycles. The van der Waals surface area contributed by atoms with Gasteiger partial charge in [-0.25, -0.2) is 0 Å². The van der Waals surface area contributed by atoms with E-state index in [9.17, 15) is 10.1 Å². The Kier molecular flexibility index (Phi) is 5.36. The molecule has 0 spiro atoms. The Bertz CT molecular complexity index is 1050. The summed E-state index contributed by atoms with van der Waals surface area (Å²) in [4.78, 5) is 15.4. The van der Waals surface area contributed by atoms with E-state index in [1.807, 2.05) is 24.4 Å². The Labute approximate surface area is 168 Å². The molecule has 0 radical (unpaired) electrons. The van der Waals surface area contributed by atoms with E-state index in [4.69, 9.17) is 0 Å². The minimum absolute atomic E-state index is 0.127. The summed E-state index contributed by atoms with van der Waals surface area (Å²) in [6.45, 7) is 11.7. The van der Waals surface area contributed by atoms with E-state index >= 15 is 0 Å². The molecule has 0 unspecified atom stereocenters. The highest BCUT2D eigenvalue weighted by molar-refractivity contribution is 7.07. The highest BCUT2D eigenvalue weighted by Crippen LogP contribution is 2.31. The van der Waals surface area contributed by atoms with Crippen molar-refractivity contribution in [3.63, 3.8) is 0 Å². The first kappa shape index (κ1) is 20.2. The van der Waals surface area contributed by atoms with Crippen molar-refractivity contribution in [3.8, 4) is 0 Å². The van der Waals surface area contributed by atoms with Crippen molar-refractivity contribution in [1.29, 1.82) is 0 Å². The predicted molar refractivity (Wildman–Crippen MR) is 123 cm³/mol. The Hall–Kier alpha value is -2.58. The first-order valence-corrected chi connectivity index (χ1v) is 16.0. The number of benzene rings is 2. The molecule has 144 valence electrons. The number of non-ortho nitro benzene ring substituents is 1. The van der Waals surface area contributed by atoms with Crippen LogP contribution in [0.2, 0.25) is 32.7 Å². The smallest absolute Gasteiger partial charge is 0.258 e. The lowest BCUT2D eigenvalue weighted by Crippen LogP contribution is -2.44. The zero-order chi connectivity index (χ0) is 20.5. The largest absolute Gasteiger partial charge is 0.269 e. The fraction of sp³-hybridized carbons (Fsp3) is 0.227. The fourth-order valence-electron chi connectivity index (χ4n) is 3.57. The molecule has 1 aromatic heterocycles. The molecule has 0 N–H and O–H groups in total. The molecule has 1 heterocycles. The van der Waals surface area contributed by atoms with Gasteiger partial charge in [0.2, 0.25) is 0 Å². The van der Waals surface area contributed by atoms with Crippen molar-refractivity contribution in [2.45, 2.75) is 32.7 Å². The third kappa shape index (κ3) is 4.13. The number of rotatable bonds is 5. The monoisotopic (exact) mass is 406 g/mol. The van der Waals surface area contributed by atoms with Gasteiger partial charge in [0.15, 0.2) is 0 Å². The second-order valence-corrected chi connectivity index (χ2v) is 18.1. The molecule has 4 nitrogen and oxygen atoms in total. The van der Waals surface area contributed by atoms with Crippen molar-refractivity contribution >= 4 is 43.1 Å². The van der Waals surface area contributed by atoms with Gasteiger partial charge in [-0.05, 0) is 28.9 Å². The number of nitrogens with zero attached hydrogens (tertiary/aromatic N) is 2. The molecule has 3 rings (SSSR count). The highest BCUT2D eigenvalue weighted by Gasteiger charge is 2.33. The van der Waals surface area contributed by atoms with Crippen LogP contribution in [0, 0.1) is 10.1 Å². The van der Waals surface area contributed by atoms with Crippen LogP contribution < -0.4 is 5.19 Å². The first-order valence-electron chi connectivity index (χ1n) is 9.42. The van der Waals surface area contributed by atoms with E-state index in [1.54, 1.807) is 12.1 Å². The van der Waals surface area contributed by atoms with E-state index in [2.05, 4.69) is 67.7 Å². The van der Waals surface area contributed by atoms with Gasteiger partial charge >= 0.3 is 0 Å². The standard InChI is InChI=1S/C22H26N2O2Si2/c1-27(2,3)16-21(17-11-13-19(14-12-17)24(25)26)28(4,5)20-10-6-8-18-9-7-15-23-22(18)20/h6-16H,1-5H3/b21-16+. The van der Waals surface area contributed by atoms with Gasteiger partial charge in [-0.15, -0.1) is 0 Å². The lowest BCUT2D eigenvalue weighted by Gasteiger charge is -2.30. The molecule has 0 amide bonds. The summed E-state index contributed by atoms with van der Waals surface area (Å²) in [5, 5.41) is 14.9. The molecule has 0 bridgehead atoms. The summed E-state index contributed by atoms with van der Waals surface area (Å²) in [7, 11) is -3.64. The SMILES string of the molecule is C[Si](C)(C)/C=C(\c1ccc([N+](=O)[O-])cc1)[Si](C)(C)c1cccc2cccnc12. The quantitative estimate of drug-likeness (QED) is 0.317. The molecule has 0 fully saturated rings. The molecule has 0 saturated heterocycles. The number of hydrogen-bond donors (Lipinski definition) is 0. The molecule has 6 heteroatoms. The molecular weight excluding hydrogens is 380 g/mol. The van der Waals surface area contributed by atoms with Crippen molar-refractivity contribution in [1.82, 2.24) is 4.98 Å². The molecule has 0 aliphatic heterocycles. The summed E-state index contributed by atoms with van der Waals surface area (Å²) in [6.07, 6.45) is 1.85. The average Bonchev–Trinajstić information content (AvgIpc) is 2.65. The van der Waals surface area contributed by atoms with Gasteiger partial charge in [-0.3, -0.25) is 15.1 Å². The number of fused-ring (bicyclic) bond motifs is 1. The zero-order valence-corrected chi connectivity index (χ0v) is 19.1. The van der Waals surface area contributed by atoms with Crippen LogP contribution in [0.25, 0.3) is 16.1 Å². The second-order valence-electron chi connectivity index (χ2n) is 8.73. The van der Waals surface area contributed by atoms with Crippen LogP contribution in [0.3, 0.4) is 0 Å². The van der Waals surface area contributed by atoms with Crippen LogP contribution in [-0.2, 0) is 0 Å². The van der Waals surface area contributed by atoms with Crippen LogP contribution in [0.5, 0.6) is 0 Å². The van der Waals surface area contributed by atoms with Gasteiger partial charge in [0.05, 0.1) is 18.5 Å². The molecule has 3 aromatic rings. The van der Waals surface area contributed by atoms with E-state index < -0.39 is 16.1 Å². The maximum absolute atomic E-state index is 11.1.